The van der Waals surface area contributed by atoms with Gasteiger partial charge in [0.25, 0.3) is 0 Å². The molecular weight excluding hydrogens is 346 g/mol. The summed E-state index contributed by atoms with van der Waals surface area (Å²) >= 11 is 0. The zero-order chi connectivity index (χ0) is 19.1. The molecule has 0 bridgehead atoms. The first-order valence-corrected chi connectivity index (χ1v) is 8.54. The van der Waals surface area contributed by atoms with Crippen LogP contribution in [0.5, 0.6) is 0 Å². The van der Waals surface area contributed by atoms with E-state index in [-0.39, 0.29) is 12.5 Å². The Morgan fingerprint density at radius 2 is 1.96 bits per heavy atom. The monoisotopic (exact) mass is 368 g/mol. The molecule has 3 atom stereocenters. The fourth-order valence-corrected chi connectivity index (χ4v) is 3.27. The van der Waals surface area contributed by atoms with Gasteiger partial charge in [-0.25, -0.2) is 18.4 Å². The summed E-state index contributed by atoms with van der Waals surface area (Å²) in [6, 6.07) is 2.42. The lowest BCUT2D eigenvalue weighted by Gasteiger charge is -2.44. The molecule has 1 aromatic carbocycles. The van der Waals surface area contributed by atoms with Gasteiger partial charge < -0.3 is 19.7 Å². The minimum Gasteiger partial charge on any atom is -0.444 e. The summed E-state index contributed by atoms with van der Waals surface area (Å²) in [7, 11) is 0. The van der Waals surface area contributed by atoms with Crippen molar-refractivity contribution in [2.75, 3.05) is 6.54 Å². The maximum Gasteiger partial charge on any atom is 0.410 e. The number of hydrogen-bond acceptors (Lipinski definition) is 4. The summed E-state index contributed by atoms with van der Waals surface area (Å²) in [4.78, 5) is 25.5. The number of amides is 2. The maximum atomic E-state index is 13.4. The molecule has 8 heteroatoms. The number of halogens is 2. The third-order valence-electron chi connectivity index (χ3n) is 4.39. The number of carbonyl (C=O) groups is 2. The van der Waals surface area contributed by atoms with Gasteiger partial charge in [-0.05, 0) is 51.3 Å². The van der Waals surface area contributed by atoms with Crippen molar-refractivity contribution >= 4 is 12.2 Å². The van der Waals surface area contributed by atoms with Crippen molar-refractivity contribution in [1.82, 2.24) is 10.2 Å². The number of likely N-dealkylation sites (tertiary alicyclic amines) is 1. The minimum atomic E-state index is -0.680. The lowest BCUT2D eigenvalue weighted by Crippen LogP contribution is -2.60. The normalized spacial score (nSPS) is 25.3. The van der Waals surface area contributed by atoms with Gasteiger partial charge in [0.15, 0.2) is 0 Å². The molecular formula is C18H22F2N2O4. The van der Waals surface area contributed by atoms with Gasteiger partial charge >= 0.3 is 12.2 Å². The molecule has 0 unspecified atom stereocenters. The smallest absolute Gasteiger partial charge is 0.410 e. The molecule has 1 aromatic rings. The Balaban J connectivity index is 1.71. The van der Waals surface area contributed by atoms with Crippen LogP contribution in [0.1, 0.15) is 32.8 Å². The summed E-state index contributed by atoms with van der Waals surface area (Å²) in [6.45, 7) is 5.84. The Bertz CT molecular complexity index is 699. The number of rotatable bonds is 3. The first-order valence-electron chi connectivity index (χ1n) is 8.54. The summed E-state index contributed by atoms with van der Waals surface area (Å²) in [5.74, 6) is -1.36. The highest BCUT2D eigenvalue weighted by Crippen LogP contribution is 2.30. The van der Waals surface area contributed by atoms with Gasteiger partial charge in [0, 0.05) is 12.6 Å². The van der Waals surface area contributed by atoms with Crippen LogP contribution in [0.25, 0.3) is 0 Å². The van der Waals surface area contributed by atoms with Crippen LogP contribution in [0.4, 0.5) is 18.4 Å². The van der Waals surface area contributed by atoms with Crippen LogP contribution < -0.4 is 5.32 Å². The molecule has 2 aliphatic rings. The Labute approximate surface area is 150 Å². The number of hydrogen-bond donors (Lipinski definition) is 1. The van der Waals surface area contributed by atoms with Gasteiger partial charge in [-0.15, -0.1) is 0 Å². The molecule has 0 saturated carbocycles. The average molecular weight is 368 g/mol. The van der Waals surface area contributed by atoms with Crippen LogP contribution in [-0.4, -0.2) is 47.4 Å². The number of cyclic esters (lactones) is 1. The highest BCUT2D eigenvalue weighted by atomic mass is 19.1. The average Bonchev–Trinajstić information content (AvgIpc) is 2.74. The number of carbonyl (C=O) groups excluding carboxylic acids is 2. The van der Waals surface area contributed by atoms with Gasteiger partial charge in [-0.1, -0.05) is 0 Å². The number of nitrogens with one attached hydrogen (secondary N) is 1. The SMILES string of the molecule is CC(C)(C)OC(=O)N1CC[C@@H]1[C@H]1OC(=O)N[C@H]1Cc1cc(F)cc(F)c1. The van der Waals surface area contributed by atoms with Crippen LogP contribution in [0, 0.1) is 11.6 Å². The molecule has 2 saturated heterocycles. The lowest BCUT2D eigenvalue weighted by atomic mass is 9.90. The third-order valence-corrected chi connectivity index (χ3v) is 4.39. The third kappa shape index (κ3) is 4.05. The van der Waals surface area contributed by atoms with E-state index < -0.39 is 41.6 Å². The fraction of sp³-hybridized carbons (Fsp3) is 0.556. The van der Waals surface area contributed by atoms with E-state index in [9.17, 15) is 18.4 Å². The van der Waals surface area contributed by atoms with Crippen molar-refractivity contribution in [2.45, 2.75) is 57.4 Å². The van der Waals surface area contributed by atoms with Crippen LogP contribution >= 0.6 is 0 Å². The van der Waals surface area contributed by atoms with Gasteiger partial charge in [-0.2, -0.15) is 0 Å². The molecule has 0 aromatic heterocycles. The molecule has 2 aliphatic heterocycles. The first-order chi connectivity index (χ1) is 12.1. The van der Waals surface area contributed by atoms with Crippen molar-refractivity contribution in [3.63, 3.8) is 0 Å². The second-order valence-corrected chi connectivity index (χ2v) is 7.63. The molecule has 2 fully saturated rings. The second-order valence-electron chi connectivity index (χ2n) is 7.63. The largest absolute Gasteiger partial charge is 0.444 e. The van der Waals surface area contributed by atoms with Crippen molar-refractivity contribution in [2.24, 2.45) is 0 Å². The molecule has 0 aliphatic carbocycles. The van der Waals surface area contributed by atoms with Crippen molar-refractivity contribution in [1.29, 1.82) is 0 Å². The number of nitrogens with zero attached hydrogens (tertiary/aromatic N) is 1. The maximum absolute atomic E-state index is 13.4. The predicted octanol–water partition coefficient (Wildman–Crippen LogP) is 2.99. The molecule has 26 heavy (non-hydrogen) atoms. The van der Waals surface area contributed by atoms with E-state index in [1.807, 2.05) is 0 Å². The van der Waals surface area contributed by atoms with E-state index in [1.54, 1.807) is 20.8 Å². The van der Waals surface area contributed by atoms with Crippen molar-refractivity contribution in [3.05, 3.63) is 35.4 Å². The van der Waals surface area contributed by atoms with E-state index in [4.69, 9.17) is 9.47 Å². The number of ether oxygens (including phenoxy) is 2. The van der Waals surface area contributed by atoms with Crippen LogP contribution in [0.3, 0.4) is 0 Å². The van der Waals surface area contributed by atoms with Crippen LogP contribution in [0.15, 0.2) is 18.2 Å². The molecule has 2 heterocycles. The minimum absolute atomic E-state index is 0.198. The van der Waals surface area contributed by atoms with Gasteiger partial charge in [0.1, 0.15) is 23.3 Å². The second kappa shape index (κ2) is 6.74. The molecule has 3 rings (SSSR count). The Morgan fingerprint density at radius 3 is 2.50 bits per heavy atom. The Hall–Kier alpha value is -2.38. The van der Waals surface area contributed by atoms with E-state index >= 15 is 0 Å². The van der Waals surface area contributed by atoms with Crippen LogP contribution in [0.2, 0.25) is 0 Å². The molecule has 2 amide bonds. The number of benzene rings is 1. The highest BCUT2D eigenvalue weighted by molar-refractivity contribution is 5.72. The highest BCUT2D eigenvalue weighted by Gasteiger charge is 2.48. The summed E-state index contributed by atoms with van der Waals surface area (Å²) < 4.78 is 37.5. The van der Waals surface area contributed by atoms with Crippen molar-refractivity contribution < 1.29 is 27.8 Å². The zero-order valence-corrected chi connectivity index (χ0v) is 14.9. The first kappa shape index (κ1) is 18.4. The molecule has 6 nitrogen and oxygen atoms in total. The molecule has 0 spiro atoms. The van der Waals surface area contributed by atoms with Gasteiger partial charge in [-0.3, -0.25) is 0 Å². The summed E-state index contributed by atoms with van der Waals surface area (Å²) in [5, 5.41) is 2.66. The fourth-order valence-electron chi connectivity index (χ4n) is 3.27. The quantitative estimate of drug-likeness (QED) is 0.891. The van der Waals surface area contributed by atoms with Crippen LogP contribution in [-0.2, 0) is 15.9 Å². The lowest BCUT2D eigenvalue weighted by molar-refractivity contribution is -0.0387. The molecule has 1 N–H and O–H groups in total. The van der Waals surface area contributed by atoms with E-state index in [1.165, 1.54) is 17.0 Å². The summed E-state index contributed by atoms with van der Waals surface area (Å²) in [6.07, 6.45) is -0.813. The summed E-state index contributed by atoms with van der Waals surface area (Å²) in [5.41, 5.74) is -0.216. The van der Waals surface area contributed by atoms with Gasteiger partial charge in [0.05, 0.1) is 12.1 Å². The zero-order valence-electron chi connectivity index (χ0n) is 14.9. The van der Waals surface area contributed by atoms with Crippen molar-refractivity contribution in [3.8, 4) is 0 Å². The predicted molar refractivity (Wildman–Crippen MR) is 88.6 cm³/mol. The van der Waals surface area contributed by atoms with E-state index in [0.717, 1.165) is 6.07 Å². The standard InChI is InChI=1S/C18H22F2N2O4/c1-18(2,3)26-17(24)22-5-4-14(22)15-13(21-16(23)25-15)8-10-6-11(19)9-12(20)7-10/h6-7,9,13-15H,4-5,8H2,1-3H3,(H,21,23)/t13-,14+,15-/m0/s1. The molecule has 0 radical (unpaired) electrons. The molecule has 142 valence electrons. The van der Waals surface area contributed by atoms with E-state index in [0.29, 0.717) is 18.5 Å². The number of alkyl carbamates (subject to hydrolysis) is 1. The Morgan fingerprint density at radius 1 is 1.31 bits per heavy atom. The Kier molecular flexibility index (Phi) is 4.77. The van der Waals surface area contributed by atoms with Gasteiger partial charge in [0.2, 0.25) is 0 Å². The van der Waals surface area contributed by atoms with E-state index in [2.05, 4.69) is 5.32 Å². The topological polar surface area (TPSA) is 67.9 Å².